The molecule has 0 radical (unpaired) electrons. The minimum absolute atomic E-state index is 0.141. The minimum Gasteiger partial charge on any atom is -0.387 e. The van der Waals surface area contributed by atoms with Crippen LogP contribution in [0, 0.1) is 0 Å². The summed E-state index contributed by atoms with van der Waals surface area (Å²) < 4.78 is 3.36. The van der Waals surface area contributed by atoms with E-state index in [1.165, 1.54) is 10.9 Å². The lowest BCUT2D eigenvalue weighted by atomic mass is 10.2. The van der Waals surface area contributed by atoms with Crippen molar-refractivity contribution in [2.24, 2.45) is 7.05 Å². The Bertz CT molecular complexity index is 687. The van der Waals surface area contributed by atoms with Crippen LogP contribution in [0.2, 0.25) is 5.02 Å². The number of aryl methyl sites for hydroxylation is 2. The molecule has 0 unspecified atom stereocenters. The van der Waals surface area contributed by atoms with E-state index in [9.17, 15) is 9.90 Å². The van der Waals surface area contributed by atoms with E-state index in [2.05, 4.69) is 10.2 Å². The van der Waals surface area contributed by atoms with Gasteiger partial charge in [0.25, 0.3) is 5.91 Å². The summed E-state index contributed by atoms with van der Waals surface area (Å²) in [5.74, 6) is -0.141. The second-order valence-electron chi connectivity index (χ2n) is 5.50. The first-order valence-corrected chi connectivity index (χ1v) is 7.56. The average molecular weight is 324 g/mol. The van der Waals surface area contributed by atoms with Gasteiger partial charge in [-0.1, -0.05) is 11.6 Å². The smallest absolute Gasteiger partial charge is 0.274 e. The van der Waals surface area contributed by atoms with Gasteiger partial charge in [0.05, 0.1) is 35.3 Å². The van der Waals surface area contributed by atoms with Crippen LogP contribution < -0.4 is 0 Å². The van der Waals surface area contributed by atoms with E-state index in [0.29, 0.717) is 29.5 Å². The van der Waals surface area contributed by atoms with Gasteiger partial charge >= 0.3 is 0 Å². The van der Waals surface area contributed by atoms with Crippen molar-refractivity contribution >= 4 is 17.5 Å². The lowest BCUT2D eigenvalue weighted by Crippen LogP contribution is -2.32. The van der Waals surface area contributed by atoms with Crippen LogP contribution in [-0.4, -0.2) is 42.0 Å². The van der Waals surface area contributed by atoms with Gasteiger partial charge in [0.15, 0.2) is 0 Å². The summed E-state index contributed by atoms with van der Waals surface area (Å²) in [6.45, 7) is 3.49. The Morgan fingerprint density at radius 3 is 2.86 bits per heavy atom. The SMILES string of the molecule is C[C@H](O)c1cc2n(n1)CCCN(C(=O)c1c(Cl)cnn1C)C2. The van der Waals surface area contributed by atoms with Crippen LogP contribution in [0.25, 0.3) is 0 Å². The molecule has 1 aliphatic heterocycles. The highest BCUT2D eigenvalue weighted by Crippen LogP contribution is 2.21. The van der Waals surface area contributed by atoms with Gasteiger partial charge < -0.3 is 10.0 Å². The second kappa shape index (κ2) is 5.73. The maximum absolute atomic E-state index is 12.7. The van der Waals surface area contributed by atoms with Crippen LogP contribution in [-0.2, 0) is 20.1 Å². The van der Waals surface area contributed by atoms with E-state index in [0.717, 1.165) is 18.7 Å². The molecule has 2 aromatic heterocycles. The van der Waals surface area contributed by atoms with Crippen molar-refractivity contribution in [2.45, 2.75) is 32.5 Å². The highest BCUT2D eigenvalue weighted by molar-refractivity contribution is 6.33. The zero-order valence-electron chi connectivity index (χ0n) is 12.5. The summed E-state index contributed by atoms with van der Waals surface area (Å²) in [6.07, 6.45) is 1.66. The monoisotopic (exact) mass is 323 g/mol. The number of rotatable bonds is 2. The van der Waals surface area contributed by atoms with Crippen LogP contribution in [0.5, 0.6) is 0 Å². The van der Waals surface area contributed by atoms with Gasteiger partial charge in [0.2, 0.25) is 0 Å². The molecule has 3 heterocycles. The molecule has 0 aliphatic carbocycles. The number of halogens is 1. The lowest BCUT2D eigenvalue weighted by molar-refractivity contribution is 0.0735. The largest absolute Gasteiger partial charge is 0.387 e. The first kappa shape index (κ1) is 15.1. The molecule has 118 valence electrons. The van der Waals surface area contributed by atoms with Crippen molar-refractivity contribution in [3.05, 3.63) is 34.4 Å². The summed E-state index contributed by atoms with van der Waals surface area (Å²) in [5.41, 5.74) is 1.94. The summed E-state index contributed by atoms with van der Waals surface area (Å²) in [4.78, 5) is 14.5. The molecule has 1 amide bonds. The number of hydrogen-bond donors (Lipinski definition) is 1. The van der Waals surface area contributed by atoms with Gasteiger partial charge in [-0.05, 0) is 19.4 Å². The van der Waals surface area contributed by atoms with Crippen molar-refractivity contribution < 1.29 is 9.90 Å². The second-order valence-corrected chi connectivity index (χ2v) is 5.91. The first-order valence-electron chi connectivity index (χ1n) is 7.19. The van der Waals surface area contributed by atoms with E-state index >= 15 is 0 Å². The van der Waals surface area contributed by atoms with E-state index in [4.69, 9.17) is 11.6 Å². The summed E-state index contributed by atoms with van der Waals surface area (Å²) in [5, 5.41) is 18.4. The van der Waals surface area contributed by atoms with Crippen LogP contribution in [0.3, 0.4) is 0 Å². The molecule has 22 heavy (non-hydrogen) atoms. The fourth-order valence-corrected chi connectivity index (χ4v) is 2.91. The highest BCUT2D eigenvalue weighted by atomic mass is 35.5. The maximum Gasteiger partial charge on any atom is 0.274 e. The van der Waals surface area contributed by atoms with Gasteiger partial charge in [-0.2, -0.15) is 10.2 Å². The molecule has 1 atom stereocenters. The normalized spacial score (nSPS) is 16.3. The van der Waals surface area contributed by atoms with Gasteiger partial charge in [0.1, 0.15) is 5.69 Å². The van der Waals surface area contributed by atoms with Gasteiger partial charge in [-0.3, -0.25) is 14.2 Å². The zero-order valence-corrected chi connectivity index (χ0v) is 13.3. The molecule has 7 nitrogen and oxygen atoms in total. The van der Waals surface area contributed by atoms with Gasteiger partial charge in [-0.25, -0.2) is 0 Å². The predicted octanol–water partition coefficient (Wildman–Crippen LogP) is 1.37. The van der Waals surface area contributed by atoms with Crippen molar-refractivity contribution in [1.82, 2.24) is 24.5 Å². The van der Waals surface area contributed by atoms with E-state index < -0.39 is 6.10 Å². The average Bonchev–Trinajstić information content (AvgIpc) is 2.95. The number of aliphatic hydroxyl groups is 1. The molecule has 0 aromatic carbocycles. The summed E-state index contributed by atoms with van der Waals surface area (Å²) in [6, 6.07) is 1.85. The van der Waals surface area contributed by atoms with E-state index in [1.54, 1.807) is 18.9 Å². The predicted molar refractivity (Wildman–Crippen MR) is 80.4 cm³/mol. The molecular weight excluding hydrogens is 306 g/mol. The van der Waals surface area contributed by atoms with E-state index in [-0.39, 0.29) is 5.91 Å². The molecule has 2 aromatic rings. The highest BCUT2D eigenvalue weighted by Gasteiger charge is 2.26. The quantitative estimate of drug-likeness (QED) is 0.905. The van der Waals surface area contributed by atoms with Crippen LogP contribution in [0.4, 0.5) is 0 Å². The molecule has 0 fully saturated rings. The molecule has 1 N–H and O–H groups in total. The van der Waals surface area contributed by atoms with Gasteiger partial charge in [-0.15, -0.1) is 0 Å². The fourth-order valence-electron chi connectivity index (χ4n) is 2.66. The number of aromatic nitrogens is 4. The molecule has 0 saturated heterocycles. The Morgan fingerprint density at radius 1 is 1.45 bits per heavy atom. The standard InChI is InChI=1S/C14H18ClN5O2/c1-9(21)12-6-10-8-19(4-3-5-20(10)17-12)14(22)13-11(15)7-16-18(13)2/h6-7,9,21H,3-5,8H2,1-2H3/t9-/m0/s1. The Hall–Kier alpha value is -1.86. The van der Waals surface area contributed by atoms with Crippen molar-refractivity contribution in [3.8, 4) is 0 Å². The Labute approximate surface area is 133 Å². The number of aliphatic hydroxyl groups excluding tert-OH is 1. The van der Waals surface area contributed by atoms with Crippen molar-refractivity contribution in [3.63, 3.8) is 0 Å². The fraction of sp³-hybridized carbons (Fsp3) is 0.500. The number of hydrogen-bond acceptors (Lipinski definition) is 4. The number of fused-ring (bicyclic) bond motifs is 1. The molecule has 8 heteroatoms. The minimum atomic E-state index is -0.616. The Morgan fingerprint density at radius 2 is 2.23 bits per heavy atom. The number of carbonyl (C=O) groups is 1. The summed E-state index contributed by atoms with van der Waals surface area (Å²) >= 11 is 6.06. The van der Waals surface area contributed by atoms with Crippen molar-refractivity contribution in [1.29, 1.82) is 0 Å². The van der Waals surface area contributed by atoms with E-state index in [1.807, 2.05) is 10.7 Å². The van der Waals surface area contributed by atoms with Crippen LogP contribution in [0.1, 0.15) is 41.3 Å². The Kier molecular flexibility index (Phi) is 3.92. The van der Waals surface area contributed by atoms with Gasteiger partial charge in [0, 0.05) is 20.1 Å². The molecule has 0 saturated carbocycles. The Balaban J connectivity index is 1.88. The maximum atomic E-state index is 12.7. The molecule has 0 spiro atoms. The molecule has 1 aliphatic rings. The third-order valence-electron chi connectivity index (χ3n) is 3.84. The summed E-state index contributed by atoms with van der Waals surface area (Å²) in [7, 11) is 1.70. The number of nitrogens with zero attached hydrogens (tertiary/aromatic N) is 5. The van der Waals surface area contributed by atoms with Crippen molar-refractivity contribution in [2.75, 3.05) is 6.54 Å². The number of amides is 1. The third-order valence-corrected chi connectivity index (χ3v) is 4.12. The molecule has 0 bridgehead atoms. The van der Waals surface area contributed by atoms with Crippen LogP contribution in [0.15, 0.2) is 12.3 Å². The zero-order chi connectivity index (χ0) is 15.9. The first-order chi connectivity index (χ1) is 10.5. The molecular formula is C14H18ClN5O2. The number of carbonyl (C=O) groups excluding carboxylic acids is 1. The third kappa shape index (κ3) is 2.62. The lowest BCUT2D eigenvalue weighted by Gasteiger charge is -2.20. The van der Waals surface area contributed by atoms with Crippen LogP contribution >= 0.6 is 11.6 Å². The topological polar surface area (TPSA) is 76.2 Å². The molecule has 3 rings (SSSR count).